The summed E-state index contributed by atoms with van der Waals surface area (Å²) in [5.74, 6) is 4.49. The highest BCUT2D eigenvalue weighted by Crippen LogP contribution is 2.11. The fourth-order valence-corrected chi connectivity index (χ4v) is 1.54. The van der Waals surface area contributed by atoms with Crippen LogP contribution in [0, 0.1) is 0 Å². The van der Waals surface area contributed by atoms with Crippen molar-refractivity contribution in [2.45, 2.75) is 6.42 Å². The molecule has 0 aliphatic heterocycles. The van der Waals surface area contributed by atoms with Gasteiger partial charge in [-0.1, -0.05) is 6.07 Å². The highest BCUT2D eigenvalue weighted by atomic mass is 16.4. The lowest BCUT2D eigenvalue weighted by atomic mass is 10.1. The molecule has 5 heteroatoms. The second-order valence-corrected chi connectivity index (χ2v) is 3.48. The first-order valence-electron chi connectivity index (χ1n) is 4.75. The number of rotatable bonds is 3. The Hall–Kier alpha value is -2.30. The third kappa shape index (κ3) is 2.03. The summed E-state index contributed by atoms with van der Waals surface area (Å²) in [7, 11) is 0. The first kappa shape index (κ1) is 10.2. The lowest BCUT2D eigenvalue weighted by molar-refractivity contribution is 0.0687. The Morgan fingerprint density at radius 3 is 2.88 bits per heavy atom. The van der Waals surface area contributed by atoms with Crippen LogP contribution in [0.2, 0.25) is 0 Å². The zero-order valence-corrected chi connectivity index (χ0v) is 8.50. The van der Waals surface area contributed by atoms with Gasteiger partial charge in [-0.25, -0.2) is 4.79 Å². The van der Waals surface area contributed by atoms with Crippen LogP contribution in [0.3, 0.4) is 0 Å². The van der Waals surface area contributed by atoms with E-state index in [1.54, 1.807) is 24.7 Å². The zero-order valence-electron chi connectivity index (χ0n) is 8.50. The maximum atomic E-state index is 10.8. The molecule has 0 radical (unpaired) electrons. The number of hydrogen-bond donors (Lipinski definition) is 2. The predicted molar refractivity (Wildman–Crippen MR) is 58.6 cm³/mol. The minimum atomic E-state index is -1.03. The molecule has 0 bridgehead atoms. The predicted octanol–water partition coefficient (Wildman–Crippen LogP) is 0.886. The van der Waals surface area contributed by atoms with Crippen molar-refractivity contribution in [3.63, 3.8) is 0 Å². The van der Waals surface area contributed by atoms with Gasteiger partial charge in [0.25, 0.3) is 0 Å². The molecule has 0 atom stereocenters. The lowest BCUT2D eigenvalue weighted by Gasteiger charge is -1.96. The van der Waals surface area contributed by atoms with Gasteiger partial charge in [0, 0.05) is 25.0 Å². The van der Waals surface area contributed by atoms with E-state index in [0.29, 0.717) is 6.42 Å². The van der Waals surface area contributed by atoms with Crippen molar-refractivity contribution in [1.29, 1.82) is 0 Å². The molecule has 0 spiro atoms. The van der Waals surface area contributed by atoms with E-state index in [1.807, 2.05) is 12.1 Å². The van der Waals surface area contributed by atoms with Gasteiger partial charge in [-0.2, -0.15) is 0 Å². The van der Waals surface area contributed by atoms with Crippen LogP contribution in [0.5, 0.6) is 0 Å². The van der Waals surface area contributed by atoms with Gasteiger partial charge >= 0.3 is 5.97 Å². The average molecular weight is 217 g/mol. The molecule has 0 aliphatic carbocycles. The molecule has 16 heavy (non-hydrogen) atoms. The molecule has 0 fully saturated rings. The van der Waals surface area contributed by atoms with E-state index in [2.05, 4.69) is 4.98 Å². The summed E-state index contributed by atoms with van der Waals surface area (Å²) in [5, 5.41) is 8.83. The normalized spacial score (nSPS) is 10.2. The Labute approximate surface area is 92.1 Å². The minimum absolute atomic E-state index is 0.0823. The summed E-state index contributed by atoms with van der Waals surface area (Å²) < 4.78 is 1.12. The van der Waals surface area contributed by atoms with E-state index in [0.717, 1.165) is 15.8 Å². The van der Waals surface area contributed by atoms with E-state index in [9.17, 15) is 4.79 Å². The Morgan fingerprint density at radius 1 is 1.50 bits per heavy atom. The molecule has 2 rings (SSSR count). The van der Waals surface area contributed by atoms with Crippen LogP contribution in [0.15, 0.2) is 36.8 Å². The van der Waals surface area contributed by atoms with Crippen LogP contribution in [0.1, 0.15) is 21.6 Å². The topological polar surface area (TPSA) is 81.1 Å². The highest BCUT2D eigenvalue weighted by Gasteiger charge is 2.10. The third-order valence-electron chi connectivity index (χ3n) is 2.26. The summed E-state index contributed by atoms with van der Waals surface area (Å²) in [6, 6.07) is 5.34. The van der Waals surface area contributed by atoms with Gasteiger partial charge < -0.3 is 10.9 Å². The Bertz CT molecular complexity index is 505. The molecule has 5 nitrogen and oxygen atoms in total. The Balaban J connectivity index is 2.23. The average Bonchev–Trinajstić information content (AvgIpc) is 2.61. The number of carbonyl (C=O) groups is 1. The number of carboxylic acid groups (broad SMARTS) is 1. The quantitative estimate of drug-likeness (QED) is 0.748. The number of aromatic carboxylic acids is 1. The van der Waals surface area contributed by atoms with E-state index in [1.165, 1.54) is 0 Å². The van der Waals surface area contributed by atoms with E-state index in [-0.39, 0.29) is 5.69 Å². The number of nitrogens with zero attached hydrogens (tertiary/aromatic N) is 2. The number of carboxylic acids is 1. The minimum Gasteiger partial charge on any atom is -0.477 e. The zero-order chi connectivity index (χ0) is 11.5. The summed E-state index contributed by atoms with van der Waals surface area (Å²) in [6.07, 6.45) is 5.67. The molecule has 3 N–H and O–H groups in total. The molecule has 2 aromatic rings. The van der Waals surface area contributed by atoms with Gasteiger partial charge in [-0.05, 0) is 23.3 Å². The maximum absolute atomic E-state index is 10.8. The summed E-state index contributed by atoms with van der Waals surface area (Å²) >= 11 is 0. The van der Waals surface area contributed by atoms with Gasteiger partial charge in [-0.15, -0.1) is 0 Å². The van der Waals surface area contributed by atoms with Crippen molar-refractivity contribution < 1.29 is 9.90 Å². The largest absolute Gasteiger partial charge is 0.477 e. The molecule has 0 unspecified atom stereocenters. The number of nitrogen functional groups attached to an aromatic ring is 1. The molecule has 0 aromatic carbocycles. The second-order valence-electron chi connectivity index (χ2n) is 3.48. The summed E-state index contributed by atoms with van der Waals surface area (Å²) in [5.41, 5.74) is 1.96. The van der Waals surface area contributed by atoms with Gasteiger partial charge in [-0.3, -0.25) is 9.66 Å². The third-order valence-corrected chi connectivity index (χ3v) is 2.26. The Morgan fingerprint density at radius 2 is 2.31 bits per heavy atom. The molecular formula is C11H11N3O2. The first-order valence-corrected chi connectivity index (χ1v) is 4.75. The molecular weight excluding hydrogens is 206 g/mol. The van der Waals surface area contributed by atoms with Crippen LogP contribution in [0.4, 0.5) is 0 Å². The van der Waals surface area contributed by atoms with Gasteiger partial charge in [0.2, 0.25) is 0 Å². The van der Waals surface area contributed by atoms with Crippen molar-refractivity contribution in [1.82, 2.24) is 9.66 Å². The molecule has 0 saturated carbocycles. The standard InChI is InChI=1S/C11H11N3O2/c12-14-7-9(5-10(14)11(15)16)4-8-2-1-3-13-6-8/h1-3,5-7H,4,12H2,(H,15,16). The molecule has 2 heterocycles. The number of hydrogen-bond acceptors (Lipinski definition) is 3. The van der Waals surface area contributed by atoms with Gasteiger partial charge in [0.15, 0.2) is 0 Å². The van der Waals surface area contributed by atoms with Crippen molar-refractivity contribution in [2.75, 3.05) is 5.84 Å². The molecule has 82 valence electrons. The highest BCUT2D eigenvalue weighted by molar-refractivity contribution is 5.86. The number of aromatic nitrogens is 2. The van der Waals surface area contributed by atoms with Crippen molar-refractivity contribution >= 4 is 5.97 Å². The van der Waals surface area contributed by atoms with Crippen LogP contribution < -0.4 is 5.84 Å². The van der Waals surface area contributed by atoms with Crippen LogP contribution >= 0.6 is 0 Å². The van der Waals surface area contributed by atoms with Crippen LogP contribution in [-0.4, -0.2) is 20.7 Å². The van der Waals surface area contributed by atoms with Gasteiger partial charge in [0.1, 0.15) is 5.69 Å². The SMILES string of the molecule is Nn1cc(Cc2cccnc2)cc1C(=O)O. The number of nitrogens with two attached hydrogens (primary N) is 1. The lowest BCUT2D eigenvalue weighted by Crippen LogP contribution is -2.14. The Kier molecular flexibility index (Phi) is 2.59. The van der Waals surface area contributed by atoms with Crippen molar-refractivity contribution in [3.8, 4) is 0 Å². The van der Waals surface area contributed by atoms with E-state index in [4.69, 9.17) is 10.9 Å². The molecule has 0 aliphatic rings. The maximum Gasteiger partial charge on any atom is 0.354 e. The van der Waals surface area contributed by atoms with Crippen molar-refractivity contribution in [3.05, 3.63) is 53.6 Å². The smallest absolute Gasteiger partial charge is 0.354 e. The first-order chi connectivity index (χ1) is 7.66. The van der Waals surface area contributed by atoms with E-state index < -0.39 is 5.97 Å². The molecule has 0 amide bonds. The number of pyridine rings is 1. The summed E-state index contributed by atoms with van der Waals surface area (Å²) in [4.78, 5) is 14.8. The monoisotopic (exact) mass is 217 g/mol. The fraction of sp³-hybridized carbons (Fsp3) is 0.0909. The van der Waals surface area contributed by atoms with Crippen LogP contribution in [-0.2, 0) is 6.42 Å². The molecule has 2 aromatic heterocycles. The summed E-state index contributed by atoms with van der Waals surface area (Å²) in [6.45, 7) is 0. The molecule has 0 saturated heterocycles. The second kappa shape index (κ2) is 4.06. The van der Waals surface area contributed by atoms with Gasteiger partial charge in [0.05, 0.1) is 0 Å². The van der Waals surface area contributed by atoms with Crippen molar-refractivity contribution in [2.24, 2.45) is 0 Å². The van der Waals surface area contributed by atoms with Crippen LogP contribution in [0.25, 0.3) is 0 Å². The fourth-order valence-electron chi connectivity index (χ4n) is 1.54. The van der Waals surface area contributed by atoms with E-state index >= 15 is 0 Å².